The second-order valence-corrected chi connectivity index (χ2v) is 18.2. The van der Waals surface area contributed by atoms with Crippen molar-refractivity contribution in [1.82, 2.24) is 4.90 Å². The molecule has 0 saturated carbocycles. The summed E-state index contributed by atoms with van der Waals surface area (Å²) in [7, 11) is 0. The highest BCUT2D eigenvalue weighted by molar-refractivity contribution is 5.72. The first-order valence-electron chi connectivity index (χ1n) is 26.7. The zero-order valence-electron chi connectivity index (χ0n) is 41.2. The van der Waals surface area contributed by atoms with Crippen LogP contribution in [0.4, 0.5) is 0 Å². The summed E-state index contributed by atoms with van der Waals surface area (Å²) >= 11 is 0. The van der Waals surface area contributed by atoms with E-state index in [4.69, 9.17) is 9.47 Å². The van der Waals surface area contributed by atoms with Crippen LogP contribution in [0.5, 0.6) is 0 Å². The molecular formula is C53H109NO5. The fourth-order valence-corrected chi connectivity index (χ4v) is 8.20. The van der Waals surface area contributed by atoms with E-state index in [2.05, 4.69) is 46.4 Å². The molecule has 0 aliphatic carbocycles. The molecule has 0 spiro atoms. The first kappa shape index (κ1) is 60.4. The topological polar surface area (TPSA) is 79.2 Å². The van der Waals surface area contributed by atoms with Crippen LogP contribution in [0.1, 0.15) is 279 Å². The van der Waals surface area contributed by atoms with Gasteiger partial charge in [-0.05, 0) is 64.5 Å². The van der Waals surface area contributed by atoms with Crippen LogP contribution in [0, 0.1) is 11.8 Å². The molecule has 0 aromatic rings. The first-order valence-corrected chi connectivity index (χ1v) is 26.7. The summed E-state index contributed by atoms with van der Waals surface area (Å²) in [6, 6.07) is 0. The summed E-state index contributed by atoms with van der Waals surface area (Å²) in [6.45, 7) is 17.8. The Hall–Kier alpha value is -0.690. The molecule has 356 valence electrons. The summed E-state index contributed by atoms with van der Waals surface area (Å²) in [6.07, 6.45) is 44.6. The van der Waals surface area contributed by atoms with Crippen molar-refractivity contribution >= 4 is 5.97 Å². The van der Waals surface area contributed by atoms with E-state index in [-0.39, 0.29) is 18.5 Å². The molecule has 0 saturated heterocycles. The van der Waals surface area contributed by atoms with Crippen LogP contribution in [0.15, 0.2) is 0 Å². The molecule has 0 aliphatic heterocycles. The number of carbonyl (C=O) groups excluding carboxylic acids is 1. The monoisotopic (exact) mass is 840 g/mol. The molecule has 0 aromatic carbocycles. The lowest BCUT2D eigenvalue weighted by Crippen LogP contribution is -2.29. The molecular weight excluding hydrogens is 731 g/mol. The Bertz CT molecular complexity index is 781. The van der Waals surface area contributed by atoms with E-state index in [1.54, 1.807) is 0 Å². The smallest absolute Gasteiger partial charge is 0.308 e. The van der Waals surface area contributed by atoms with Gasteiger partial charge in [-0.1, -0.05) is 228 Å². The standard InChI is InChI=1S/C50H101NO5.C3H8/c1-5-9-13-16-24-31-39-47(37-12-8-4)49(53)55-45-35-28-22-18-20-26-33-41-51(43-44-52)42-34-27-21-19-23-29-36-46-56-50(54)48(38-30-15-11-7-3)40-32-25-17-14-10-6-2;1-3-2/h47-48,50,52,54H,5-46H2,1-4H3;3H2,1-2H3. The van der Waals surface area contributed by atoms with Gasteiger partial charge >= 0.3 is 5.97 Å². The molecule has 0 radical (unpaired) electrons. The molecule has 6 nitrogen and oxygen atoms in total. The second-order valence-electron chi connectivity index (χ2n) is 18.2. The lowest BCUT2D eigenvalue weighted by atomic mass is 9.93. The third kappa shape index (κ3) is 45.2. The zero-order chi connectivity index (χ0) is 43.7. The number of hydrogen-bond acceptors (Lipinski definition) is 6. The lowest BCUT2D eigenvalue weighted by Gasteiger charge is -2.23. The average molecular weight is 840 g/mol. The predicted octanol–water partition coefficient (Wildman–Crippen LogP) is 15.9. The Morgan fingerprint density at radius 3 is 1.25 bits per heavy atom. The molecule has 0 rings (SSSR count). The van der Waals surface area contributed by atoms with Crippen molar-refractivity contribution in [1.29, 1.82) is 0 Å². The Morgan fingerprint density at radius 1 is 0.441 bits per heavy atom. The normalized spacial score (nSPS) is 13.0. The maximum atomic E-state index is 12.7. The van der Waals surface area contributed by atoms with Crippen molar-refractivity contribution < 1.29 is 24.5 Å². The minimum Gasteiger partial charge on any atom is -0.465 e. The van der Waals surface area contributed by atoms with Gasteiger partial charge in [0.1, 0.15) is 0 Å². The van der Waals surface area contributed by atoms with Crippen LogP contribution in [0.25, 0.3) is 0 Å². The number of rotatable bonds is 47. The molecule has 2 N–H and O–H groups in total. The van der Waals surface area contributed by atoms with Crippen molar-refractivity contribution in [2.45, 2.75) is 285 Å². The van der Waals surface area contributed by atoms with E-state index in [1.807, 2.05) is 0 Å². The predicted molar refractivity (Wildman–Crippen MR) is 258 cm³/mol. The highest BCUT2D eigenvalue weighted by Crippen LogP contribution is 2.24. The molecule has 3 atom stereocenters. The van der Waals surface area contributed by atoms with Gasteiger partial charge in [0.2, 0.25) is 0 Å². The van der Waals surface area contributed by atoms with Gasteiger partial charge in [-0.2, -0.15) is 0 Å². The Labute approximate surface area is 370 Å². The molecule has 0 amide bonds. The zero-order valence-corrected chi connectivity index (χ0v) is 41.2. The minimum atomic E-state index is -0.587. The molecule has 0 fully saturated rings. The van der Waals surface area contributed by atoms with Crippen molar-refractivity contribution in [2.24, 2.45) is 11.8 Å². The van der Waals surface area contributed by atoms with Gasteiger partial charge in [0, 0.05) is 19.1 Å². The fraction of sp³-hybridized carbons (Fsp3) is 0.981. The minimum absolute atomic E-state index is 0.0587. The van der Waals surface area contributed by atoms with Crippen LogP contribution < -0.4 is 0 Å². The Balaban J connectivity index is 0. The van der Waals surface area contributed by atoms with E-state index in [0.717, 1.165) is 83.8 Å². The number of carbonyl (C=O) groups is 1. The molecule has 0 aliphatic rings. The van der Waals surface area contributed by atoms with E-state index >= 15 is 0 Å². The third-order valence-electron chi connectivity index (χ3n) is 12.1. The number of hydrogen-bond donors (Lipinski definition) is 2. The molecule has 0 bridgehead atoms. The molecule has 0 aromatic heterocycles. The van der Waals surface area contributed by atoms with Crippen LogP contribution in [0.2, 0.25) is 0 Å². The number of nitrogens with zero attached hydrogens (tertiary/aromatic N) is 1. The number of ether oxygens (including phenoxy) is 2. The first-order chi connectivity index (χ1) is 28.9. The van der Waals surface area contributed by atoms with Gasteiger partial charge in [0.05, 0.1) is 19.1 Å². The number of aliphatic hydroxyl groups excluding tert-OH is 2. The van der Waals surface area contributed by atoms with Gasteiger partial charge in [0.15, 0.2) is 6.29 Å². The van der Waals surface area contributed by atoms with Crippen molar-refractivity contribution in [3.05, 3.63) is 0 Å². The van der Waals surface area contributed by atoms with Crippen LogP contribution in [-0.2, 0) is 14.3 Å². The highest BCUT2D eigenvalue weighted by atomic mass is 16.6. The van der Waals surface area contributed by atoms with Crippen LogP contribution in [0.3, 0.4) is 0 Å². The Morgan fingerprint density at radius 2 is 0.797 bits per heavy atom. The van der Waals surface area contributed by atoms with Gasteiger partial charge in [0.25, 0.3) is 0 Å². The van der Waals surface area contributed by atoms with Gasteiger partial charge in [-0.25, -0.2) is 0 Å². The van der Waals surface area contributed by atoms with Crippen molar-refractivity contribution in [2.75, 3.05) is 39.5 Å². The summed E-state index contributed by atoms with van der Waals surface area (Å²) in [5.41, 5.74) is 0. The second kappa shape index (κ2) is 51.7. The van der Waals surface area contributed by atoms with Crippen LogP contribution in [-0.4, -0.2) is 66.8 Å². The number of aliphatic hydroxyl groups is 2. The van der Waals surface area contributed by atoms with Crippen molar-refractivity contribution in [3.63, 3.8) is 0 Å². The van der Waals surface area contributed by atoms with Crippen LogP contribution >= 0.6 is 0 Å². The SMILES string of the molecule is CCC.CCCCCCCCC(CCCC)C(=O)OCCCCCCCCCN(CCO)CCCCCCCCCOC(O)C(CCCCCC)CCCCCCCC. The summed E-state index contributed by atoms with van der Waals surface area (Å²) in [4.78, 5) is 15.2. The van der Waals surface area contributed by atoms with E-state index in [1.165, 1.54) is 173 Å². The summed E-state index contributed by atoms with van der Waals surface area (Å²) in [5, 5.41) is 20.4. The largest absolute Gasteiger partial charge is 0.465 e. The highest BCUT2D eigenvalue weighted by Gasteiger charge is 2.20. The number of esters is 1. The summed E-state index contributed by atoms with van der Waals surface area (Å²) < 4.78 is 11.7. The van der Waals surface area contributed by atoms with Gasteiger partial charge < -0.3 is 24.6 Å². The lowest BCUT2D eigenvalue weighted by molar-refractivity contribution is -0.149. The maximum absolute atomic E-state index is 12.7. The fourth-order valence-electron chi connectivity index (χ4n) is 8.20. The van der Waals surface area contributed by atoms with Crippen molar-refractivity contribution in [3.8, 4) is 0 Å². The molecule has 3 unspecified atom stereocenters. The van der Waals surface area contributed by atoms with Gasteiger partial charge in [-0.3, -0.25) is 4.79 Å². The van der Waals surface area contributed by atoms with E-state index in [0.29, 0.717) is 19.1 Å². The maximum Gasteiger partial charge on any atom is 0.308 e. The number of unbranched alkanes of at least 4 members (excludes halogenated alkanes) is 26. The average Bonchev–Trinajstić information content (AvgIpc) is 3.23. The molecule has 59 heavy (non-hydrogen) atoms. The van der Waals surface area contributed by atoms with E-state index < -0.39 is 6.29 Å². The molecule has 6 heteroatoms. The quantitative estimate of drug-likeness (QED) is 0.0361. The Kier molecular flexibility index (Phi) is 52.9. The van der Waals surface area contributed by atoms with E-state index in [9.17, 15) is 15.0 Å². The molecule has 0 heterocycles. The van der Waals surface area contributed by atoms with Gasteiger partial charge in [-0.15, -0.1) is 0 Å². The summed E-state index contributed by atoms with van der Waals surface area (Å²) in [5.74, 6) is 0.469. The third-order valence-corrected chi connectivity index (χ3v) is 12.1.